The second kappa shape index (κ2) is 7.13. The highest BCUT2D eigenvalue weighted by Gasteiger charge is 2.35. The van der Waals surface area contributed by atoms with Crippen molar-refractivity contribution < 1.29 is 14.4 Å². The van der Waals surface area contributed by atoms with Gasteiger partial charge in [-0.05, 0) is 44.0 Å². The zero-order valence-electron chi connectivity index (χ0n) is 13.9. The van der Waals surface area contributed by atoms with E-state index in [9.17, 15) is 14.4 Å². The quantitative estimate of drug-likeness (QED) is 0.777. The Balaban J connectivity index is 1.70. The molecule has 24 heavy (non-hydrogen) atoms. The third-order valence-electron chi connectivity index (χ3n) is 4.64. The van der Waals surface area contributed by atoms with Gasteiger partial charge in [-0.25, -0.2) is 0 Å². The second-order valence-corrected chi connectivity index (χ2v) is 6.38. The van der Waals surface area contributed by atoms with Crippen LogP contribution in [-0.4, -0.2) is 48.3 Å². The van der Waals surface area contributed by atoms with Gasteiger partial charge in [0.25, 0.3) is 17.7 Å². The van der Waals surface area contributed by atoms with Crippen LogP contribution < -0.4 is 10.6 Å². The van der Waals surface area contributed by atoms with Gasteiger partial charge < -0.3 is 10.6 Å². The molecule has 3 amide bonds. The van der Waals surface area contributed by atoms with E-state index in [1.165, 1.54) is 4.90 Å². The van der Waals surface area contributed by atoms with Crippen molar-refractivity contribution in [1.29, 1.82) is 0 Å². The molecule has 0 saturated carbocycles. The first-order chi connectivity index (χ1) is 11.6. The lowest BCUT2D eigenvalue weighted by Gasteiger charge is -2.12. The Labute approximate surface area is 141 Å². The molecule has 2 N–H and O–H groups in total. The van der Waals surface area contributed by atoms with Crippen LogP contribution in [0.2, 0.25) is 0 Å². The number of benzene rings is 1. The highest BCUT2D eigenvalue weighted by atomic mass is 16.2. The smallest absolute Gasteiger partial charge is 0.261 e. The van der Waals surface area contributed by atoms with E-state index in [0.717, 1.165) is 32.2 Å². The maximum Gasteiger partial charge on any atom is 0.261 e. The average Bonchev–Trinajstić information content (AvgIpc) is 3.19. The lowest BCUT2D eigenvalue weighted by atomic mass is 10.1. The highest BCUT2D eigenvalue weighted by Crippen LogP contribution is 2.24. The van der Waals surface area contributed by atoms with E-state index in [2.05, 4.69) is 10.6 Å². The summed E-state index contributed by atoms with van der Waals surface area (Å²) in [6.45, 7) is 4.01. The van der Waals surface area contributed by atoms with Crippen LogP contribution in [0.4, 0.5) is 0 Å². The Hall–Kier alpha value is -2.21. The zero-order chi connectivity index (χ0) is 17.1. The summed E-state index contributed by atoms with van der Waals surface area (Å²) in [5, 5.41) is 6.22. The lowest BCUT2D eigenvalue weighted by molar-refractivity contribution is 0.0652. The largest absolute Gasteiger partial charge is 0.350 e. The maximum absolute atomic E-state index is 12.4. The summed E-state index contributed by atoms with van der Waals surface area (Å²) in [6, 6.07) is 5.06. The number of hydrogen-bond acceptors (Lipinski definition) is 4. The van der Waals surface area contributed by atoms with Gasteiger partial charge in [0.2, 0.25) is 0 Å². The Morgan fingerprint density at radius 2 is 2.08 bits per heavy atom. The molecule has 2 aliphatic heterocycles. The number of fused-ring (bicyclic) bond motifs is 1. The molecular weight excluding hydrogens is 306 g/mol. The molecule has 1 aromatic carbocycles. The van der Waals surface area contributed by atoms with Gasteiger partial charge in [-0.15, -0.1) is 0 Å². The topological polar surface area (TPSA) is 78.5 Å². The summed E-state index contributed by atoms with van der Waals surface area (Å²) < 4.78 is 0. The van der Waals surface area contributed by atoms with Crippen LogP contribution in [-0.2, 0) is 0 Å². The van der Waals surface area contributed by atoms with Crippen molar-refractivity contribution in [3.63, 3.8) is 0 Å². The molecule has 1 unspecified atom stereocenters. The van der Waals surface area contributed by atoms with Gasteiger partial charge in [0.15, 0.2) is 0 Å². The SMILES string of the molecule is CCCCN1C(=O)c2ccc(C(=O)NCC3CCCN3)cc2C1=O. The first-order valence-electron chi connectivity index (χ1n) is 8.63. The van der Waals surface area contributed by atoms with Gasteiger partial charge in [-0.3, -0.25) is 19.3 Å². The molecule has 0 bridgehead atoms. The molecule has 0 aromatic heterocycles. The summed E-state index contributed by atoms with van der Waals surface area (Å²) in [5.74, 6) is -0.764. The number of amides is 3. The molecule has 0 spiro atoms. The Morgan fingerprint density at radius 1 is 1.29 bits per heavy atom. The van der Waals surface area contributed by atoms with E-state index in [1.54, 1.807) is 18.2 Å². The summed E-state index contributed by atoms with van der Waals surface area (Å²) in [5.41, 5.74) is 1.15. The van der Waals surface area contributed by atoms with Crippen LogP contribution in [0, 0.1) is 0 Å². The molecule has 2 heterocycles. The predicted molar refractivity (Wildman–Crippen MR) is 90.1 cm³/mol. The number of nitrogens with one attached hydrogen (secondary N) is 2. The molecule has 1 aromatic rings. The van der Waals surface area contributed by atoms with Gasteiger partial charge in [0.1, 0.15) is 0 Å². The number of nitrogens with zero attached hydrogens (tertiary/aromatic N) is 1. The molecule has 128 valence electrons. The monoisotopic (exact) mass is 329 g/mol. The predicted octanol–water partition coefficient (Wildman–Crippen LogP) is 1.56. The van der Waals surface area contributed by atoms with Gasteiger partial charge in [0.05, 0.1) is 11.1 Å². The van der Waals surface area contributed by atoms with E-state index < -0.39 is 0 Å². The molecule has 0 aliphatic carbocycles. The van der Waals surface area contributed by atoms with E-state index in [-0.39, 0.29) is 17.7 Å². The molecule has 3 rings (SSSR count). The minimum Gasteiger partial charge on any atom is -0.350 e. The third kappa shape index (κ3) is 3.19. The first-order valence-corrected chi connectivity index (χ1v) is 8.63. The normalized spacial score (nSPS) is 19.7. The number of carbonyl (C=O) groups is 3. The Bertz CT molecular complexity index is 665. The average molecular weight is 329 g/mol. The minimum atomic E-state index is -0.296. The van der Waals surface area contributed by atoms with Crippen LogP contribution in [0.5, 0.6) is 0 Å². The van der Waals surface area contributed by atoms with E-state index in [1.807, 2.05) is 6.92 Å². The molecule has 1 fully saturated rings. The molecular formula is C18H23N3O3. The third-order valence-corrected chi connectivity index (χ3v) is 4.64. The fraction of sp³-hybridized carbons (Fsp3) is 0.500. The van der Waals surface area contributed by atoms with E-state index >= 15 is 0 Å². The number of carbonyl (C=O) groups excluding carboxylic acids is 3. The van der Waals surface area contributed by atoms with Crippen LogP contribution >= 0.6 is 0 Å². The van der Waals surface area contributed by atoms with E-state index in [4.69, 9.17) is 0 Å². The van der Waals surface area contributed by atoms with Gasteiger partial charge in [0, 0.05) is 24.7 Å². The van der Waals surface area contributed by atoms with Gasteiger partial charge >= 0.3 is 0 Å². The minimum absolute atomic E-state index is 0.209. The molecule has 1 saturated heterocycles. The molecule has 6 heteroatoms. The number of unbranched alkanes of at least 4 members (excludes halogenated alkanes) is 1. The van der Waals surface area contributed by atoms with Crippen LogP contribution in [0.15, 0.2) is 18.2 Å². The lowest BCUT2D eigenvalue weighted by Crippen LogP contribution is -2.37. The number of hydrogen-bond donors (Lipinski definition) is 2. The first kappa shape index (κ1) is 16.6. The van der Waals surface area contributed by atoms with Crippen molar-refractivity contribution in [2.45, 2.75) is 38.6 Å². The Morgan fingerprint density at radius 3 is 2.79 bits per heavy atom. The van der Waals surface area contributed by atoms with Crippen molar-refractivity contribution in [3.8, 4) is 0 Å². The Kier molecular flexibility index (Phi) is 4.94. The summed E-state index contributed by atoms with van der Waals surface area (Å²) in [6.07, 6.45) is 3.89. The second-order valence-electron chi connectivity index (χ2n) is 6.38. The van der Waals surface area contributed by atoms with Crippen molar-refractivity contribution in [2.75, 3.05) is 19.6 Å². The van der Waals surface area contributed by atoms with Crippen molar-refractivity contribution >= 4 is 17.7 Å². The van der Waals surface area contributed by atoms with Crippen molar-refractivity contribution in [1.82, 2.24) is 15.5 Å². The number of rotatable bonds is 6. The molecule has 2 aliphatic rings. The van der Waals surface area contributed by atoms with Crippen LogP contribution in [0.1, 0.15) is 63.7 Å². The number of imide groups is 1. The fourth-order valence-electron chi connectivity index (χ4n) is 3.20. The summed E-state index contributed by atoms with van der Waals surface area (Å²) in [7, 11) is 0. The van der Waals surface area contributed by atoms with Gasteiger partial charge in [-0.2, -0.15) is 0 Å². The van der Waals surface area contributed by atoms with Crippen LogP contribution in [0.3, 0.4) is 0 Å². The molecule has 6 nitrogen and oxygen atoms in total. The van der Waals surface area contributed by atoms with E-state index in [0.29, 0.717) is 35.8 Å². The fourth-order valence-corrected chi connectivity index (χ4v) is 3.20. The maximum atomic E-state index is 12.4. The molecule has 1 atom stereocenters. The van der Waals surface area contributed by atoms with Crippen LogP contribution in [0.25, 0.3) is 0 Å². The summed E-state index contributed by atoms with van der Waals surface area (Å²) in [4.78, 5) is 38.3. The zero-order valence-corrected chi connectivity index (χ0v) is 13.9. The standard InChI is InChI=1S/C18H23N3O3/c1-2-3-9-21-17(23)14-7-6-12(10-15(14)18(21)24)16(22)20-11-13-5-4-8-19-13/h6-7,10,13,19H,2-5,8-9,11H2,1H3,(H,20,22). The van der Waals surface area contributed by atoms with Crippen molar-refractivity contribution in [3.05, 3.63) is 34.9 Å². The van der Waals surface area contributed by atoms with Gasteiger partial charge in [-0.1, -0.05) is 13.3 Å². The highest BCUT2D eigenvalue weighted by molar-refractivity contribution is 6.22. The van der Waals surface area contributed by atoms with Crippen molar-refractivity contribution in [2.24, 2.45) is 0 Å². The molecule has 0 radical (unpaired) electrons. The summed E-state index contributed by atoms with van der Waals surface area (Å²) >= 11 is 0.